The third kappa shape index (κ3) is 3.47. The Morgan fingerprint density at radius 1 is 1.24 bits per heavy atom. The Morgan fingerprint density at radius 2 is 2.00 bits per heavy atom. The second-order valence-corrected chi connectivity index (χ2v) is 7.15. The van der Waals surface area contributed by atoms with Crippen molar-refractivity contribution in [2.24, 2.45) is 0 Å². The Bertz CT molecular complexity index is 723. The fourth-order valence-corrected chi connectivity index (χ4v) is 4.04. The second-order valence-electron chi connectivity index (χ2n) is 7.15. The van der Waals surface area contributed by atoms with Gasteiger partial charge < -0.3 is 14.6 Å². The number of benzene rings is 1. The molecule has 0 saturated carbocycles. The smallest absolute Gasteiger partial charge is 0.123 e. The summed E-state index contributed by atoms with van der Waals surface area (Å²) in [5.74, 6) is 0.155. The highest BCUT2D eigenvalue weighted by molar-refractivity contribution is 5.37. The fraction of sp³-hybridized carbons (Fsp3) is 0.526. The molecule has 0 bridgehead atoms. The summed E-state index contributed by atoms with van der Waals surface area (Å²) in [5.41, 5.74) is 3.36. The molecule has 0 amide bonds. The number of morpholine rings is 1. The Balaban J connectivity index is 1.51. The molecule has 0 unspecified atom stereocenters. The third-order valence-corrected chi connectivity index (χ3v) is 5.55. The van der Waals surface area contributed by atoms with E-state index in [-0.39, 0.29) is 10.5 Å². The van der Waals surface area contributed by atoms with Crippen molar-refractivity contribution in [3.63, 3.8) is 0 Å². The zero-order valence-electron chi connectivity index (χ0n) is 14.4. The van der Waals surface area contributed by atoms with E-state index in [4.69, 9.17) is 4.74 Å². The summed E-state index contributed by atoms with van der Waals surface area (Å²) in [6, 6.07) is 6.45. The van der Waals surface area contributed by atoms with Gasteiger partial charge >= 0.3 is 0 Å². The monoisotopic (exact) mass is 345 g/mol. The van der Waals surface area contributed by atoms with Gasteiger partial charge in [-0.25, -0.2) is 9.07 Å². The number of nitrogens with zero attached hydrogens (tertiary/aromatic N) is 3. The standard InChI is InChI=1S/C19H24FN3O2/c20-16-4-6-17(7-5-16)22-19-3-1-2-15(18(19)14-21-22)8-9-23(24)10-12-25-13-11-23/h4-7,14-15H,1-3,8-13H2/t15-/m1/s1. The molecule has 1 aliphatic carbocycles. The first-order chi connectivity index (χ1) is 12.1. The topological polar surface area (TPSA) is 50.1 Å². The van der Waals surface area contributed by atoms with Crippen molar-refractivity contribution in [3.8, 4) is 5.69 Å². The van der Waals surface area contributed by atoms with E-state index in [0.29, 0.717) is 38.8 Å². The predicted molar refractivity (Wildman–Crippen MR) is 92.9 cm³/mol. The number of rotatable bonds is 4. The SMILES string of the molecule is [O-][N+]1(CC[C@H]2CCCc3c2cnn3-c2ccc(F)cc2)CCOCC1. The molecule has 1 aliphatic heterocycles. The van der Waals surface area contributed by atoms with Crippen LogP contribution in [0, 0.1) is 11.0 Å². The van der Waals surface area contributed by atoms with Crippen LogP contribution in [-0.4, -0.2) is 47.3 Å². The van der Waals surface area contributed by atoms with Gasteiger partial charge in [0.25, 0.3) is 0 Å². The van der Waals surface area contributed by atoms with E-state index in [1.807, 2.05) is 10.9 Å². The summed E-state index contributed by atoms with van der Waals surface area (Å²) < 4.78 is 20.3. The normalized spacial score (nSPS) is 22.6. The largest absolute Gasteiger partial charge is 0.633 e. The average Bonchev–Trinajstić information content (AvgIpc) is 3.06. The summed E-state index contributed by atoms with van der Waals surface area (Å²) in [6.45, 7) is 2.92. The molecule has 25 heavy (non-hydrogen) atoms. The van der Waals surface area contributed by atoms with Crippen molar-refractivity contribution in [2.45, 2.75) is 31.6 Å². The quantitative estimate of drug-likeness (QED) is 0.632. The first-order valence-electron chi connectivity index (χ1n) is 9.12. The minimum atomic E-state index is -0.238. The van der Waals surface area contributed by atoms with E-state index >= 15 is 0 Å². The predicted octanol–water partition coefficient (Wildman–Crippen LogP) is 3.17. The van der Waals surface area contributed by atoms with Gasteiger partial charge in [0.1, 0.15) is 18.9 Å². The lowest BCUT2D eigenvalue weighted by molar-refractivity contribution is -0.889. The molecule has 5 nitrogen and oxygen atoms in total. The molecule has 6 heteroatoms. The minimum Gasteiger partial charge on any atom is -0.633 e. The van der Waals surface area contributed by atoms with Gasteiger partial charge in [-0.3, -0.25) is 0 Å². The first kappa shape index (κ1) is 16.7. The Hall–Kier alpha value is -1.76. The van der Waals surface area contributed by atoms with Gasteiger partial charge in [-0.15, -0.1) is 0 Å². The van der Waals surface area contributed by atoms with Crippen LogP contribution < -0.4 is 0 Å². The number of hydroxylamine groups is 3. The molecule has 1 aromatic heterocycles. The Kier molecular flexibility index (Phi) is 4.58. The third-order valence-electron chi connectivity index (χ3n) is 5.55. The van der Waals surface area contributed by atoms with Gasteiger partial charge in [0.2, 0.25) is 0 Å². The molecular formula is C19H24FN3O2. The van der Waals surface area contributed by atoms with Crippen molar-refractivity contribution in [2.75, 3.05) is 32.8 Å². The van der Waals surface area contributed by atoms with Gasteiger partial charge in [0, 0.05) is 12.1 Å². The molecule has 2 aromatic rings. The summed E-state index contributed by atoms with van der Waals surface area (Å²) in [7, 11) is 0. The van der Waals surface area contributed by atoms with E-state index < -0.39 is 0 Å². The molecule has 1 atom stereocenters. The van der Waals surface area contributed by atoms with Crippen LogP contribution in [0.5, 0.6) is 0 Å². The van der Waals surface area contributed by atoms with Crippen LogP contribution in [0.2, 0.25) is 0 Å². The number of aromatic nitrogens is 2. The van der Waals surface area contributed by atoms with Crippen molar-refractivity contribution < 1.29 is 13.8 Å². The molecule has 1 fully saturated rings. The molecule has 1 aromatic carbocycles. The van der Waals surface area contributed by atoms with Crippen molar-refractivity contribution in [3.05, 3.63) is 52.7 Å². The highest BCUT2D eigenvalue weighted by atomic mass is 19.1. The first-order valence-corrected chi connectivity index (χ1v) is 9.12. The highest BCUT2D eigenvalue weighted by Gasteiger charge is 2.28. The van der Waals surface area contributed by atoms with Crippen molar-refractivity contribution >= 4 is 0 Å². The van der Waals surface area contributed by atoms with E-state index in [1.54, 1.807) is 12.1 Å². The maximum Gasteiger partial charge on any atom is 0.123 e. The average molecular weight is 345 g/mol. The second kappa shape index (κ2) is 6.86. The van der Waals surface area contributed by atoms with Crippen LogP contribution in [0.4, 0.5) is 4.39 Å². The number of halogens is 1. The highest BCUT2D eigenvalue weighted by Crippen LogP contribution is 2.35. The zero-order valence-corrected chi connectivity index (χ0v) is 14.4. The number of ether oxygens (including phenoxy) is 1. The minimum absolute atomic E-state index is 0.127. The van der Waals surface area contributed by atoms with Gasteiger partial charge in [-0.2, -0.15) is 5.10 Å². The van der Waals surface area contributed by atoms with Crippen LogP contribution >= 0.6 is 0 Å². The number of hydrogen-bond acceptors (Lipinski definition) is 3. The molecule has 2 heterocycles. The molecule has 0 radical (unpaired) electrons. The molecule has 134 valence electrons. The van der Waals surface area contributed by atoms with Gasteiger partial charge in [-0.1, -0.05) is 0 Å². The number of quaternary nitrogens is 1. The van der Waals surface area contributed by atoms with Crippen LogP contribution in [-0.2, 0) is 11.2 Å². The van der Waals surface area contributed by atoms with Gasteiger partial charge in [0.05, 0.1) is 31.6 Å². The molecule has 1 saturated heterocycles. The summed E-state index contributed by atoms with van der Waals surface area (Å²) in [4.78, 5) is 0. The van der Waals surface area contributed by atoms with E-state index in [0.717, 1.165) is 31.4 Å². The number of fused-ring (bicyclic) bond motifs is 1. The van der Waals surface area contributed by atoms with Crippen LogP contribution in [0.15, 0.2) is 30.5 Å². The maximum absolute atomic E-state index is 13.2. The lowest BCUT2D eigenvalue weighted by Gasteiger charge is -2.46. The van der Waals surface area contributed by atoms with Gasteiger partial charge in [0.15, 0.2) is 0 Å². The molecular weight excluding hydrogens is 321 g/mol. The van der Waals surface area contributed by atoms with Crippen molar-refractivity contribution in [1.82, 2.24) is 9.78 Å². The molecule has 0 spiro atoms. The summed E-state index contributed by atoms with van der Waals surface area (Å²) >= 11 is 0. The van der Waals surface area contributed by atoms with E-state index in [9.17, 15) is 9.60 Å². The van der Waals surface area contributed by atoms with Crippen LogP contribution in [0.3, 0.4) is 0 Å². The Morgan fingerprint density at radius 3 is 2.76 bits per heavy atom. The lowest BCUT2D eigenvalue weighted by atomic mass is 9.84. The summed E-state index contributed by atoms with van der Waals surface area (Å²) in [6.07, 6.45) is 6.03. The van der Waals surface area contributed by atoms with Gasteiger partial charge in [-0.05, 0) is 55.0 Å². The number of hydrogen-bond donors (Lipinski definition) is 0. The molecule has 0 N–H and O–H groups in total. The lowest BCUT2D eigenvalue weighted by Crippen LogP contribution is -2.51. The Labute approximate surface area is 147 Å². The van der Waals surface area contributed by atoms with E-state index in [1.165, 1.54) is 23.4 Å². The summed E-state index contributed by atoms with van der Waals surface area (Å²) in [5, 5.41) is 17.3. The molecule has 4 rings (SSSR count). The van der Waals surface area contributed by atoms with E-state index in [2.05, 4.69) is 5.10 Å². The molecule has 2 aliphatic rings. The van der Waals surface area contributed by atoms with Crippen molar-refractivity contribution in [1.29, 1.82) is 0 Å². The van der Waals surface area contributed by atoms with Crippen LogP contribution in [0.25, 0.3) is 5.69 Å². The van der Waals surface area contributed by atoms with Crippen LogP contribution in [0.1, 0.15) is 36.4 Å². The maximum atomic E-state index is 13.2. The fourth-order valence-electron chi connectivity index (χ4n) is 4.04. The zero-order chi connectivity index (χ0) is 17.3.